The van der Waals surface area contributed by atoms with Crippen LogP contribution in [-0.4, -0.2) is 61.7 Å². The first kappa shape index (κ1) is 16.9. The lowest BCUT2D eigenvalue weighted by molar-refractivity contribution is -0.385. The van der Waals surface area contributed by atoms with Crippen molar-refractivity contribution in [3.8, 4) is 0 Å². The lowest BCUT2D eigenvalue weighted by atomic mass is 10.2. The number of aromatic nitrogens is 2. The van der Waals surface area contributed by atoms with E-state index in [1.807, 2.05) is 13.2 Å². The number of hydrogen-bond donors (Lipinski definition) is 3. The molecule has 1 aromatic rings. The van der Waals surface area contributed by atoms with Crippen LogP contribution in [-0.2, 0) is 6.54 Å². The molecule has 0 radical (unpaired) electrons. The number of hydrogen-bond acceptors (Lipinski definition) is 7. The Kier molecular flexibility index (Phi) is 6.93. The minimum Gasteiger partial charge on any atom is -0.395 e. The molecule has 1 rings (SSSR count). The summed E-state index contributed by atoms with van der Waals surface area (Å²) in [4.78, 5) is 9.98. The molecule has 0 fully saturated rings. The molecule has 0 saturated carbocycles. The zero-order chi connectivity index (χ0) is 15.1. The highest BCUT2D eigenvalue weighted by molar-refractivity contribution is 7.99. The van der Waals surface area contributed by atoms with Gasteiger partial charge in [-0.15, -0.1) is 0 Å². The molecule has 0 saturated heterocycles. The summed E-state index contributed by atoms with van der Waals surface area (Å²) in [7, 11) is 0. The first-order chi connectivity index (χ1) is 9.47. The van der Waals surface area contributed by atoms with Crippen LogP contribution in [0.2, 0.25) is 0 Å². The molecule has 0 bridgehead atoms. The molecule has 1 aromatic heterocycles. The second-order valence-corrected chi connectivity index (χ2v) is 5.56. The predicted octanol–water partition coefficient (Wildman–Crippen LogP) is -0.146. The number of nitrogens with zero attached hydrogens (tertiary/aromatic N) is 3. The highest BCUT2D eigenvalue weighted by Gasteiger charge is 2.17. The van der Waals surface area contributed by atoms with Gasteiger partial charge in [-0.1, -0.05) is 0 Å². The molecular formula is C11H20N4O4S. The molecule has 0 amide bonds. The maximum absolute atomic E-state index is 10.5. The summed E-state index contributed by atoms with van der Waals surface area (Å²) in [5, 5.41) is 36.5. The fourth-order valence-corrected chi connectivity index (χ4v) is 2.37. The lowest BCUT2D eigenvalue weighted by Gasteiger charge is -2.22. The van der Waals surface area contributed by atoms with Gasteiger partial charge in [0.25, 0.3) is 0 Å². The van der Waals surface area contributed by atoms with Crippen LogP contribution in [0.4, 0.5) is 5.69 Å². The largest absolute Gasteiger partial charge is 0.395 e. The van der Waals surface area contributed by atoms with Crippen LogP contribution < -0.4 is 5.32 Å². The summed E-state index contributed by atoms with van der Waals surface area (Å²) in [6.45, 7) is 2.50. The third-order valence-corrected chi connectivity index (χ3v) is 4.11. The number of nitro groups is 1. The van der Waals surface area contributed by atoms with Crippen LogP contribution in [0.1, 0.15) is 6.92 Å². The zero-order valence-electron chi connectivity index (χ0n) is 11.5. The summed E-state index contributed by atoms with van der Waals surface area (Å²) in [5.41, 5.74) is -0.0961. The minimum atomic E-state index is -0.710. The van der Waals surface area contributed by atoms with E-state index in [4.69, 9.17) is 5.11 Å². The zero-order valence-corrected chi connectivity index (χ0v) is 12.3. The van der Waals surface area contributed by atoms with Crippen molar-refractivity contribution in [1.82, 2.24) is 15.1 Å². The summed E-state index contributed by atoms with van der Waals surface area (Å²) >= 11 is 1.55. The topological polar surface area (TPSA) is 113 Å². The molecule has 0 aromatic carbocycles. The minimum absolute atomic E-state index is 0.0524. The van der Waals surface area contributed by atoms with Crippen molar-refractivity contribution in [2.75, 3.05) is 19.4 Å². The standard InChI is InChI=1S/C11H20N4O4S/c1-8(11(7-16)20-2)12-4-10(17)6-14-5-9(3-13-14)15(18)19/h3,5,8,10-12,16-17H,4,6-7H2,1-2H3. The lowest BCUT2D eigenvalue weighted by Crippen LogP contribution is -2.42. The molecule has 0 aliphatic rings. The summed E-state index contributed by atoms with van der Waals surface area (Å²) in [5.74, 6) is 0. The van der Waals surface area contributed by atoms with E-state index in [1.54, 1.807) is 11.8 Å². The normalized spacial score (nSPS) is 15.8. The Morgan fingerprint density at radius 1 is 1.65 bits per heavy atom. The third-order valence-electron chi connectivity index (χ3n) is 2.94. The predicted molar refractivity (Wildman–Crippen MR) is 76.7 cm³/mol. The molecule has 3 N–H and O–H groups in total. The Labute approximate surface area is 121 Å². The van der Waals surface area contributed by atoms with Crippen molar-refractivity contribution >= 4 is 17.4 Å². The van der Waals surface area contributed by atoms with Gasteiger partial charge < -0.3 is 15.5 Å². The van der Waals surface area contributed by atoms with Gasteiger partial charge in [0, 0.05) is 17.8 Å². The summed E-state index contributed by atoms with van der Waals surface area (Å²) in [6.07, 6.45) is 3.64. The molecule has 0 aliphatic heterocycles. The van der Waals surface area contributed by atoms with E-state index >= 15 is 0 Å². The van der Waals surface area contributed by atoms with Crippen molar-refractivity contribution in [2.24, 2.45) is 0 Å². The quantitative estimate of drug-likeness (QED) is 0.429. The van der Waals surface area contributed by atoms with Crippen LogP contribution in [0.25, 0.3) is 0 Å². The molecular weight excluding hydrogens is 284 g/mol. The number of rotatable bonds is 9. The first-order valence-corrected chi connectivity index (χ1v) is 7.48. The van der Waals surface area contributed by atoms with Crippen LogP contribution >= 0.6 is 11.8 Å². The number of aliphatic hydroxyl groups is 2. The van der Waals surface area contributed by atoms with E-state index in [-0.39, 0.29) is 30.1 Å². The van der Waals surface area contributed by atoms with Gasteiger partial charge >= 0.3 is 5.69 Å². The van der Waals surface area contributed by atoms with Crippen LogP contribution in [0.3, 0.4) is 0 Å². The Hall–Kier alpha value is -1.16. The highest BCUT2D eigenvalue weighted by atomic mass is 32.2. The second-order valence-electron chi connectivity index (χ2n) is 4.49. The van der Waals surface area contributed by atoms with Crippen molar-refractivity contribution in [3.05, 3.63) is 22.5 Å². The fourth-order valence-electron chi connectivity index (χ4n) is 1.72. The number of aliphatic hydroxyl groups excluding tert-OH is 2. The molecule has 20 heavy (non-hydrogen) atoms. The van der Waals surface area contributed by atoms with Gasteiger partial charge in [0.15, 0.2) is 0 Å². The van der Waals surface area contributed by atoms with Gasteiger partial charge in [-0.05, 0) is 13.2 Å². The Morgan fingerprint density at radius 3 is 2.85 bits per heavy atom. The molecule has 9 heteroatoms. The average molecular weight is 304 g/mol. The monoisotopic (exact) mass is 304 g/mol. The van der Waals surface area contributed by atoms with E-state index < -0.39 is 11.0 Å². The molecule has 3 atom stereocenters. The average Bonchev–Trinajstić information content (AvgIpc) is 2.86. The van der Waals surface area contributed by atoms with Crippen LogP contribution in [0.5, 0.6) is 0 Å². The van der Waals surface area contributed by atoms with Crippen molar-refractivity contribution in [1.29, 1.82) is 0 Å². The second kappa shape index (κ2) is 8.20. The van der Waals surface area contributed by atoms with Gasteiger partial charge in [0.1, 0.15) is 12.4 Å². The van der Waals surface area contributed by atoms with E-state index in [9.17, 15) is 15.2 Å². The SMILES string of the molecule is CSC(CO)C(C)NCC(O)Cn1cc([N+](=O)[O-])cn1. The molecule has 0 spiro atoms. The summed E-state index contributed by atoms with van der Waals surface area (Å²) in [6, 6.07) is 0.0524. The highest BCUT2D eigenvalue weighted by Crippen LogP contribution is 2.10. The third kappa shape index (κ3) is 5.08. The summed E-state index contributed by atoms with van der Waals surface area (Å²) < 4.78 is 1.34. The number of nitrogens with one attached hydrogen (secondary N) is 1. The van der Waals surface area contributed by atoms with E-state index in [2.05, 4.69) is 10.4 Å². The van der Waals surface area contributed by atoms with Crippen molar-refractivity contribution in [3.63, 3.8) is 0 Å². The Balaban J connectivity index is 2.39. The maximum atomic E-state index is 10.5. The van der Waals surface area contributed by atoms with Gasteiger partial charge in [0.2, 0.25) is 0 Å². The molecule has 8 nitrogen and oxygen atoms in total. The fraction of sp³-hybridized carbons (Fsp3) is 0.727. The maximum Gasteiger partial charge on any atom is 0.306 e. The van der Waals surface area contributed by atoms with Crippen LogP contribution in [0, 0.1) is 10.1 Å². The Morgan fingerprint density at radius 2 is 2.35 bits per heavy atom. The van der Waals surface area contributed by atoms with Crippen molar-refractivity contribution < 1.29 is 15.1 Å². The van der Waals surface area contributed by atoms with E-state index in [0.29, 0.717) is 6.54 Å². The molecule has 0 aliphatic carbocycles. The van der Waals surface area contributed by atoms with Gasteiger partial charge in [-0.25, -0.2) is 0 Å². The first-order valence-electron chi connectivity index (χ1n) is 6.19. The number of thioether (sulfide) groups is 1. The van der Waals surface area contributed by atoms with Gasteiger partial charge in [-0.3, -0.25) is 14.8 Å². The molecule has 1 heterocycles. The smallest absolute Gasteiger partial charge is 0.306 e. The molecule has 114 valence electrons. The van der Waals surface area contributed by atoms with Crippen LogP contribution in [0.15, 0.2) is 12.4 Å². The van der Waals surface area contributed by atoms with Gasteiger partial charge in [0.05, 0.1) is 24.2 Å². The van der Waals surface area contributed by atoms with E-state index in [0.717, 1.165) is 6.20 Å². The Bertz CT molecular complexity index is 424. The van der Waals surface area contributed by atoms with Crippen molar-refractivity contribution in [2.45, 2.75) is 30.9 Å². The molecule has 3 unspecified atom stereocenters. The van der Waals surface area contributed by atoms with E-state index in [1.165, 1.54) is 10.9 Å². The van der Waals surface area contributed by atoms with Gasteiger partial charge in [-0.2, -0.15) is 16.9 Å².